The van der Waals surface area contributed by atoms with Gasteiger partial charge in [-0.3, -0.25) is 0 Å². The van der Waals surface area contributed by atoms with E-state index in [0.29, 0.717) is 6.04 Å². The highest BCUT2D eigenvalue weighted by Gasteiger charge is 2.23. The fraction of sp³-hybridized carbons (Fsp3) is 0.818. The van der Waals surface area contributed by atoms with Crippen LogP contribution in [0.4, 0.5) is 0 Å². The Hall–Kier alpha value is -0.480. The molecule has 0 saturated heterocycles. The van der Waals surface area contributed by atoms with E-state index < -0.39 is 0 Å². The summed E-state index contributed by atoms with van der Waals surface area (Å²) >= 11 is 1.31. The Labute approximate surface area is 95.6 Å². The van der Waals surface area contributed by atoms with E-state index in [4.69, 9.17) is 0 Å². The molecule has 1 saturated carbocycles. The SMILES string of the molecule is CCCNC(CCC1CC1)c1cnsn1. The Morgan fingerprint density at radius 3 is 3.07 bits per heavy atom. The summed E-state index contributed by atoms with van der Waals surface area (Å²) in [6.07, 6.45) is 8.53. The zero-order valence-corrected chi connectivity index (χ0v) is 10.1. The van der Waals surface area contributed by atoms with Gasteiger partial charge >= 0.3 is 0 Å². The van der Waals surface area contributed by atoms with Crippen LogP contribution < -0.4 is 5.32 Å². The lowest BCUT2D eigenvalue weighted by Crippen LogP contribution is -2.22. The van der Waals surface area contributed by atoms with Crippen molar-refractivity contribution in [3.05, 3.63) is 11.9 Å². The summed E-state index contributed by atoms with van der Waals surface area (Å²) in [5.74, 6) is 1.00. The summed E-state index contributed by atoms with van der Waals surface area (Å²) < 4.78 is 8.42. The molecule has 1 fully saturated rings. The third kappa shape index (κ3) is 3.54. The average Bonchev–Trinajstić information content (AvgIpc) is 2.92. The van der Waals surface area contributed by atoms with E-state index in [2.05, 4.69) is 21.0 Å². The van der Waals surface area contributed by atoms with Crippen LogP contribution in [0.1, 0.15) is 50.8 Å². The molecule has 1 N–H and O–H groups in total. The van der Waals surface area contributed by atoms with Crippen molar-refractivity contribution in [3.8, 4) is 0 Å². The molecule has 1 heterocycles. The molecule has 1 aromatic rings. The van der Waals surface area contributed by atoms with Crippen LogP contribution >= 0.6 is 11.7 Å². The standard InChI is InChI=1S/C11H19N3S/c1-2-7-12-10(6-5-9-3-4-9)11-8-13-15-14-11/h8-10,12H,2-7H2,1H3. The molecular weight excluding hydrogens is 206 g/mol. The molecule has 0 bridgehead atoms. The fourth-order valence-electron chi connectivity index (χ4n) is 1.81. The minimum atomic E-state index is 0.435. The highest BCUT2D eigenvalue weighted by atomic mass is 32.1. The maximum atomic E-state index is 4.34. The van der Waals surface area contributed by atoms with Gasteiger partial charge in [0.2, 0.25) is 0 Å². The van der Waals surface area contributed by atoms with Gasteiger partial charge in [-0.05, 0) is 31.7 Å². The van der Waals surface area contributed by atoms with E-state index in [-0.39, 0.29) is 0 Å². The second-order valence-corrected chi connectivity index (χ2v) is 4.92. The van der Waals surface area contributed by atoms with Gasteiger partial charge in [0.1, 0.15) is 0 Å². The molecule has 0 spiro atoms. The maximum absolute atomic E-state index is 4.34. The summed E-state index contributed by atoms with van der Waals surface area (Å²) in [6, 6.07) is 0.435. The van der Waals surface area contributed by atoms with Crippen LogP contribution in [0.25, 0.3) is 0 Å². The first-order chi connectivity index (χ1) is 7.40. The number of hydrogen-bond donors (Lipinski definition) is 1. The number of rotatable bonds is 7. The smallest absolute Gasteiger partial charge is 0.0912 e. The van der Waals surface area contributed by atoms with Crippen molar-refractivity contribution in [2.24, 2.45) is 5.92 Å². The van der Waals surface area contributed by atoms with Crippen molar-refractivity contribution in [1.29, 1.82) is 0 Å². The Kier molecular flexibility index (Phi) is 4.09. The van der Waals surface area contributed by atoms with E-state index in [0.717, 1.165) is 18.2 Å². The third-order valence-electron chi connectivity index (χ3n) is 2.94. The van der Waals surface area contributed by atoms with Crippen LogP contribution in [0, 0.1) is 5.92 Å². The first-order valence-electron chi connectivity index (χ1n) is 5.91. The highest BCUT2D eigenvalue weighted by Crippen LogP contribution is 2.35. The van der Waals surface area contributed by atoms with Gasteiger partial charge in [-0.1, -0.05) is 19.8 Å². The largest absolute Gasteiger partial charge is 0.309 e. The number of hydrogen-bond acceptors (Lipinski definition) is 4. The monoisotopic (exact) mass is 225 g/mol. The maximum Gasteiger partial charge on any atom is 0.0912 e. The Morgan fingerprint density at radius 2 is 2.47 bits per heavy atom. The number of aromatic nitrogens is 2. The molecule has 15 heavy (non-hydrogen) atoms. The normalized spacial score (nSPS) is 17.9. The molecule has 0 aliphatic heterocycles. The predicted molar refractivity (Wildman–Crippen MR) is 62.9 cm³/mol. The quantitative estimate of drug-likeness (QED) is 0.775. The summed E-state index contributed by atoms with van der Waals surface area (Å²) in [4.78, 5) is 0. The van der Waals surface area contributed by atoms with Gasteiger partial charge in [0, 0.05) is 0 Å². The molecular formula is C11H19N3S. The summed E-state index contributed by atoms with van der Waals surface area (Å²) in [7, 11) is 0. The van der Waals surface area contributed by atoms with E-state index >= 15 is 0 Å². The Balaban J connectivity index is 1.83. The second kappa shape index (κ2) is 5.56. The van der Waals surface area contributed by atoms with Crippen LogP contribution in [0.2, 0.25) is 0 Å². The summed E-state index contributed by atoms with van der Waals surface area (Å²) in [6.45, 7) is 3.27. The summed E-state index contributed by atoms with van der Waals surface area (Å²) in [5.41, 5.74) is 1.13. The van der Waals surface area contributed by atoms with Crippen molar-refractivity contribution < 1.29 is 0 Å². The van der Waals surface area contributed by atoms with Crippen LogP contribution in [0.15, 0.2) is 6.20 Å². The van der Waals surface area contributed by atoms with Gasteiger partial charge in [-0.2, -0.15) is 8.75 Å². The van der Waals surface area contributed by atoms with Crippen molar-refractivity contribution in [3.63, 3.8) is 0 Å². The molecule has 0 amide bonds. The number of nitrogens with one attached hydrogen (secondary N) is 1. The lowest BCUT2D eigenvalue weighted by molar-refractivity contribution is 0.463. The van der Waals surface area contributed by atoms with Gasteiger partial charge in [0.25, 0.3) is 0 Å². The lowest BCUT2D eigenvalue weighted by Gasteiger charge is -2.15. The van der Waals surface area contributed by atoms with Crippen LogP contribution in [-0.2, 0) is 0 Å². The lowest BCUT2D eigenvalue weighted by atomic mass is 10.1. The first kappa shape index (κ1) is 11.0. The van der Waals surface area contributed by atoms with Crippen molar-refractivity contribution in [2.75, 3.05) is 6.54 Å². The van der Waals surface area contributed by atoms with Crippen molar-refractivity contribution in [1.82, 2.24) is 14.1 Å². The molecule has 1 aliphatic carbocycles. The highest BCUT2D eigenvalue weighted by molar-refractivity contribution is 6.99. The third-order valence-corrected chi connectivity index (χ3v) is 3.43. The zero-order valence-electron chi connectivity index (χ0n) is 9.28. The van der Waals surface area contributed by atoms with Crippen LogP contribution in [0.3, 0.4) is 0 Å². The molecule has 84 valence electrons. The average molecular weight is 225 g/mol. The van der Waals surface area contributed by atoms with Crippen molar-refractivity contribution in [2.45, 2.75) is 45.1 Å². The predicted octanol–water partition coefficient (Wildman–Crippen LogP) is 2.77. The molecule has 3 nitrogen and oxygen atoms in total. The Bertz CT molecular complexity index is 269. The second-order valence-electron chi connectivity index (χ2n) is 4.36. The molecule has 2 rings (SSSR count). The van der Waals surface area contributed by atoms with Gasteiger partial charge < -0.3 is 5.32 Å². The molecule has 1 unspecified atom stereocenters. The van der Waals surface area contributed by atoms with Gasteiger partial charge in [-0.15, -0.1) is 0 Å². The zero-order chi connectivity index (χ0) is 10.5. The molecule has 1 aliphatic rings. The minimum Gasteiger partial charge on any atom is -0.309 e. The van der Waals surface area contributed by atoms with Gasteiger partial charge in [-0.25, -0.2) is 0 Å². The molecule has 0 aromatic carbocycles. The summed E-state index contributed by atoms with van der Waals surface area (Å²) in [5, 5.41) is 3.56. The Morgan fingerprint density at radius 1 is 1.60 bits per heavy atom. The van der Waals surface area contributed by atoms with Gasteiger partial charge in [0.05, 0.1) is 29.7 Å². The molecule has 1 atom stereocenters. The minimum absolute atomic E-state index is 0.435. The molecule has 0 radical (unpaired) electrons. The molecule has 4 heteroatoms. The number of nitrogens with zero attached hydrogens (tertiary/aromatic N) is 2. The van der Waals surface area contributed by atoms with E-state index in [1.165, 1.54) is 43.8 Å². The topological polar surface area (TPSA) is 37.8 Å². The first-order valence-corrected chi connectivity index (χ1v) is 6.64. The van der Waals surface area contributed by atoms with Gasteiger partial charge in [0.15, 0.2) is 0 Å². The van der Waals surface area contributed by atoms with Crippen molar-refractivity contribution >= 4 is 11.7 Å². The van der Waals surface area contributed by atoms with Crippen LogP contribution in [0.5, 0.6) is 0 Å². The van der Waals surface area contributed by atoms with E-state index in [1.54, 1.807) is 0 Å². The molecule has 1 aromatic heterocycles. The fourth-order valence-corrected chi connectivity index (χ4v) is 2.28. The van der Waals surface area contributed by atoms with E-state index in [9.17, 15) is 0 Å². The van der Waals surface area contributed by atoms with Crippen LogP contribution in [-0.4, -0.2) is 15.3 Å². The van der Waals surface area contributed by atoms with E-state index in [1.807, 2.05) is 6.20 Å².